The van der Waals surface area contributed by atoms with Gasteiger partial charge in [-0.2, -0.15) is 0 Å². The van der Waals surface area contributed by atoms with Gasteiger partial charge in [0.25, 0.3) is 11.8 Å². The van der Waals surface area contributed by atoms with E-state index in [1.807, 2.05) is 0 Å². The lowest BCUT2D eigenvalue weighted by molar-refractivity contribution is -0.226. The number of hydrogen-bond acceptors (Lipinski definition) is 9. The first-order chi connectivity index (χ1) is 13.0. The summed E-state index contributed by atoms with van der Waals surface area (Å²) in [7, 11) is 0. The first kappa shape index (κ1) is 19.2. The molecule has 4 heterocycles. The van der Waals surface area contributed by atoms with Gasteiger partial charge >= 0.3 is 0 Å². The maximum atomic E-state index is 12.1. The quantitative estimate of drug-likeness (QED) is 0.651. The van der Waals surface area contributed by atoms with Crippen LogP contribution in [0.3, 0.4) is 0 Å². The van der Waals surface area contributed by atoms with Gasteiger partial charge in [0.2, 0.25) is 0 Å². The molecule has 3 aliphatic rings. The maximum absolute atomic E-state index is 12.1. The van der Waals surface area contributed by atoms with Crippen LogP contribution in [0, 0.1) is 0 Å². The van der Waals surface area contributed by atoms with Crippen LogP contribution >= 0.6 is 0 Å². The molecule has 0 aromatic carbocycles. The number of fused-ring (bicyclic) bond motifs is 1. The van der Waals surface area contributed by atoms with Crippen LogP contribution < -0.4 is 11.5 Å². The molecular weight excluding hydrogens is 374 g/mol. The number of carbonyl (C=O) groups is 2. The molecule has 1 aromatic heterocycles. The van der Waals surface area contributed by atoms with E-state index < -0.39 is 54.0 Å². The van der Waals surface area contributed by atoms with Gasteiger partial charge in [-0.15, -0.1) is 5.10 Å². The van der Waals surface area contributed by atoms with Crippen molar-refractivity contribution in [3.8, 4) is 0 Å². The summed E-state index contributed by atoms with van der Waals surface area (Å²) in [5, 5.41) is 7.70. The predicted molar refractivity (Wildman–Crippen MR) is 89.7 cm³/mol. The van der Waals surface area contributed by atoms with Crippen LogP contribution in [0.1, 0.15) is 54.7 Å². The molecule has 2 amide bonds. The van der Waals surface area contributed by atoms with Crippen LogP contribution in [0.5, 0.6) is 0 Å². The van der Waals surface area contributed by atoms with Crippen LogP contribution in [0.15, 0.2) is 0 Å². The summed E-state index contributed by atoms with van der Waals surface area (Å²) in [5.74, 6) is -3.53. The fourth-order valence-electron chi connectivity index (χ4n) is 3.88. The van der Waals surface area contributed by atoms with Gasteiger partial charge in [-0.05, 0) is 27.7 Å². The molecule has 0 radical (unpaired) electrons. The van der Waals surface area contributed by atoms with Gasteiger partial charge in [-0.3, -0.25) is 9.59 Å². The Labute approximate surface area is 160 Å². The van der Waals surface area contributed by atoms with Crippen molar-refractivity contribution >= 4 is 11.8 Å². The fraction of sp³-hybridized carbons (Fsp3) is 0.750. The van der Waals surface area contributed by atoms with Crippen LogP contribution in [-0.4, -0.2) is 69.6 Å². The molecule has 12 nitrogen and oxygen atoms in total. The third-order valence-corrected chi connectivity index (χ3v) is 4.89. The van der Waals surface area contributed by atoms with Crippen molar-refractivity contribution in [2.24, 2.45) is 11.5 Å². The Morgan fingerprint density at radius 2 is 1.75 bits per heavy atom. The van der Waals surface area contributed by atoms with E-state index >= 15 is 0 Å². The smallest absolute Gasteiger partial charge is 0.271 e. The maximum Gasteiger partial charge on any atom is 0.271 e. The van der Waals surface area contributed by atoms with Crippen LogP contribution in [0.4, 0.5) is 0 Å². The molecule has 0 saturated carbocycles. The number of nitrogens with zero attached hydrogens (tertiary/aromatic N) is 3. The zero-order valence-corrected chi connectivity index (χ0v) is 15.9. The number of ether oxygens (including phenoxy) is 5. The van der Waals surface area contributed by atoms with E-state index in [-0.39, 0.29) is 18.0 Å². The highest BCUT2D eigenvalue weighted by Gasteiger charge is 2.60. The Hall–Kier alpha value is -2.12. The summed E-state index contributed by atoms with van der Waals surface area (Å²) < 4.78 is 30.6. The van der Waals surface area contributed by atoms with Crippen LogP contribution in [-0.2, 0) is 23.7 Å². The molecule has 0 spiro atoms. The minimum atomic E-state index is -0.919. The van der Waals surface area contributed by atoms with E-state index in [1.165, 1.54) is 4.68 Å². The van der Waals surface area contributed by atoms with Crippen molar-refractivity contribution in [1.29, 1.82) is 0 Å². The number of rotatable bonds is 4. The molecule has 0 aliphatic carbocycles. The number of carbonyl (C=O) groups excluding carboxylic acids is 2. The number of amides is 2. The summed E-state index contributed by atoms with van der Waals surface area (Å²) in [6, 6.07) is -0.711. The van der Waals surface area contributed by atoms with E-state index in [0.717, 1.165) is 0 Å². The minimum Gasteiger partial charge on any atom is -0.364 e. The molecule has 28 heavy (non-hydrogen) atoms. The zero-order valence-electron chi connectivity index (χ0n) is 15.9. The highest BCUT2D eigenvalue weighted by Crippen LogP contribution is 2.46. The largest absolute Gasteiger partial charge is 0.364 e. The van der Waals surface area contributed by atoms with Crippen molar-refractivity contribution in [2.75, 3.05) is 6.61 Å². The minimum absolute atomic E-state index is 0.224. The summed E-state index contributed by atoms with van der Waals surface area (Å²) in [6.45, 7) is 7.29. The first-order valence-electron chi connectivity index (χ1n) is 8.87. The second-order valence-electron chi connectivity index (χ2n) is 7.89. The molecular formula is C16H23N5O7. The number of aromatic nitrogens is 3. The van der Waals surface area contributed by atoms with E-state index in [0.29, 0.717) is 0 Å². The summed E-state index contributed by atoms with van der Waals surface area (Å²) in [4.78, 5) is 23.7. The van der Waals surface area contributed by atoms with E-state index in [4.69, 9.17) is 35.2 Å². The normalized spacial score (nSPS) is 35.8. The number of primary amides is 2. The van der Waals surface area contributed by atoms with Gasteiger partial charge in [0.15, 0.2) is 29.3 Å². The SMILES string of the molecule is CC1(C)O[C@H]2O[C@H]([C@H]3COC(C)(C)O3)[C@H](n3nnc(C(N)=O)c3C(N)=O)[C@H]2O1. The van der Waals surface area contributed by atoms with Crippen molar-refractivity contribution in [1.82, 2.24) is 15.0 Å². The first-order valence-corrected chi connectivity index (χ1v) is 8.87. The molecule has 4 rings (SSSR count). The number of hydrogen-bond donors (Lipinski definition) is 2. The van der Waals surface area contributed by atoms with E-state index in [2.05, 4.69) is 10.3 Å². The molecule has 154 valence electrons. The molecule has 4 N–H and O–H groups in total. The van der Waals surface area contributed by atoms with E-state index in [9.17, 15) is 9.59 Å². The Morgan fingerprint density at radius 3 is 2.32 bits per heavy atom. The molecule has 3 fully saturated rings. The zero-order chi connectivity index (χ0) is 20.4. The monoisotopic (exact) mass is 397 g/mol. The van der Waals surface area contributed by atoms with Gasteiger partial charge < -0.3 is 35.2 Å². The average Bonchev–Trinajstić information content (AvgIpc) is 3.26. The molecule has 12 heteroatoms. The topological polar surface area (TPSA) is 163 Å². The third-order valence-electron chi connectivity index (χ3n) is 4.89. The van der Waals surface area contributed by atoms with Crippen molar-refractivity contribution in [2.45, 2.75) is 69.9 Å². The predicted octanol–water partition coefficient (Wildman–Crippen LogP) is -0.955. The lowest BCUT2D eigenvalue weighted by atomic mass is 10.0. The van der Waals surface area contributed by atoms with Gasteiger partial charge in [0.1, 0.15) is 24.4 Å². The van der Waals surface area contributed by atoms with Crippen molar-refractivity contribution < 1.29 is 33.3 Å². The molecule has 0 unspecified atom stereocenters. The second-order valence-corrected chi connectivity index (χ2v) is 7.89. The number of nitrogens with two attached hydrogens (primary N) is 2. The molecule has 3 aliphatic heterocycles. The summed E-state index contributed by atoms with van der Waals surface area (Å²) in [5.41, 5.74) is 10.2. The Kier molecular flexibility index (Phi) is 4.25. The Balaban J connectivity index is 1.76. The van der Waals surface area contributed by atoms with E-state index in [1.54, 1.807) is 27.7 Å². The van der Waals surface area contributed by atoms with Gasteiger partial charge in [-0.1, -0.05) is 5.21 Å². The van der Waals surface area contributed by atoms with Gasteiger partial charge in [0.05, 0.1) is 6.61 Å². The summed E-state index contributed by atoms with van der Waals surface area (Å²) >= 11 is 0. The third kappa shape index (κ3) is 3.06. The van der Waals surface area contributed by atoms with Crippen LogP contribution in [0.2, 0.25) is 0 Å². The fourth-order valence-corrected chi connectivity index (χ4v) is 3.88. The highest BCUT2D eigenvalue weighted by molar-refractivity contribution is 6.03. The average molecular weight is 397 g/mol. The highest BCUT2D eigenvalue weighted by atomic mass is 16.8. The molecule has 5 atom stereocenters. The van der Waals surface area contributed by atoms with Gasteiger partial charge in [-0.25, -0.2) is 4.68 Å². The Bertz CT molecular complexity index is 822. The standard InChI is InChI=1S/C16H23N5O7/c1-15(2)24-5-6(26-15)10-9(11-14(25-10)28-16(3,4)27-11)21-8(13(18)23)7(12(17)22)19-20-21/h6,9-11,14H,5H2,1-4H3,(H2,17,22)(H2,18,23)/t6-,9+,10-,11-,14-/m1/s1. The van der Waals surface area contributed by atoms with Gasteiger partial charge in [0, 0.05) is 0 Å². The Morgan fingerprint density at radius 1 is 1.04 bits per heavy atom. The van der Waals surface area contributed by atoms with Crippen molar-refractivity contribution in [3.63, 3.8) is 0 Å². The molecule has 3 saturated heterocycles. The van der Waals surface area contributed by atoms with Crippen LogP contribution in [0.25, 0.3) is 0 Å². The lowest BCUT2D eigenvalue weighted by Gasteiger charge is -2.29. The van der Waals surface area contributed by atoms with Crippen molar-refractivity contribution in [3.05, 3.63) is 11.4 Å². The summed E-state index contributed by atoms with van der Waals surface area (Å²) in [6.07, 6.45) is -2.54. The lowest BCUT2D eigenvalue weighted by Crippen LogP contribution is -2.42. The second kappa shape index (κ2) is 6.19. The molecule has 1 aromatic rings. The molecule has 0 bridgehead atoms.